The Bertz CT molecular complexity index is 385. The average Bonchev–Trinajstić information content (AvgIpc) is 2.70. The van der Waals surface area contributed by atoms with Crippen LogP contribution in [0.5, 0.6) is 0 Å². The Balaban J connectivity index is 2.17. The highest BCUT2D eigenvalue weighted by Gasteiger charge is 2.27. The number of nitro groups is 1. The van der Waals surface area contributed by atoms with Crippen molar-refractivity contribution >= 4 is 11.6 Å². The lowest BCUT2D eigenvalue weighted by Gasteiger charge is -2.02. The zero-order valence-electron chi connectivity index (χ0n) is 7.42. The lowest BCUT2D eigenvalue weighted by atomic mass is 10.3. The lowest BCUT2D eigenvalue weighted by Crippen LogP contribution is -2.06. The highest BCUT2D eigenvalue weighted by atomic mass is 16.6. The Labute approximate surface area is 79.7 Å². The molecule has 0 aliphatic heterocycles. The molecule has 1 aliphatic carbocycles. The first-order chi connectivity index (χ1) is 6.66. The summed E-state index contributed by atoms with van der Waals surface area (Å²) in [5.41, 5.74) is 0. The van der Waals surface area contributed by atoms with Gasteiger partial charge in [0.2, 0.25) is 0 Å². The third-order valence-corrected chi connectivity index (χ3v) is 2.38. The summed E-state index contributed by atoms with van der Waals surface area (Å²) < 4.78 is 1.52. The van der Waals surface area contributed by atoms with Gasteiger partial charge in [-0.15, -0.1) is 0 Å². The summed E-state index contributed by atoms with van der Waals surface area (Å²) in [7, 11) is 0. The van der Waals surface area contributed by atoms with Gasteiger partial charge in [-0.25, -0.2) is 0 Å². The van der Waals surface area contributed by atoms with Crippen LogP contribution in [0.4, 0.5) is 5.82 Å². The van der Waals surface area contributed by atoms with Crippen LogP contribution in [0.2, 0.25) is 0 Å². The maximum absolute atomic E-state index is 11.0. The first kappa shape index (κ1) is 8.86. The van der Waals surface area contributed by atoms with Crippen molar-refractivity contribution in [1.82, 2.24) is 9.78 Å². The van der Waals surface area contributed by atoms with E-state index in [2.05, 4.69) is 5.10 Å². The van der Waals surface area contributed by atoms with Gasteiger partial charge in [0.25, 0.3) is 0 Å². The van der Waals surface area contributed by atoms with Crippen molar-refractivity contribution in [2.75, 3.05) is 0 Å². The van der Waals surface area contributed by atoms with Crippen molar-refractivity contribution in [2.45, 2.75) is 25.3 Å². The molecule has 74 valence electrons. The largest absolute Gasteiger partial charge is 0.389 e. The third-order valence-electron chi connectivity index (χ3n) is 2.38. The van der Waals surface area contributed by atoms with Crippen LogP contribution in [0.3, 0.4) is 0 Å². The molecule has 1 aromatic heterocycles. The highest BCUT2D eigenvalue weighted by Crippen LogP contribution is 2.26. The summed E-state index contributed by atoms with van der Waals surface area (Å²) in [6, 6.07) is 1.36. The molecule has 0 aromatic carbocycles. The molecule has 1 atom stereocenters. The predicted molar refractivity (Wildman–Crippen MR) is 46.8 cm³/mol. The number of Topliss-reactive ketones (excluding diaryl/α,β-unsaturated/α-hetero) is 1. The minimum absolute atomic E-state index is 0.0104. The number of aromatic nitrogens is 2. The third kappa shape index (κ3) is 1.50. The van der Waals surface area contributed by atoms with Crippen LogP contribution in [-0.4, -0.2) is 20.5 Å². The topological polar surface area (TPSA) is 78.0 Å². The van der Waals surface area contributed by atoms with E-state index in [1.807, 2.05) is 0 Å². The van der Waals surface area contributed by atoms with E-state index in [9.17, 15) is 14.9 Å². The summed E-state index contributed by atoms with van der Waals surface area (Å²) in [5, 5.41) is 14.1. The van der Waals surface area contributed by atoms with Gasteiger partial charge in [0.15, 0.2) is 0 Å². The fraction of sp³-hybridized carbons (Fsp3) is 0.500. The molecule has 0 amide bonds. The molecule has 6 heteroatoms. The summed E-state index contributed by atoms with van der Waals surface area (Å²) in [6.45, 7) is 0. The van der Waals surface area contributed by atoms with Crippen LogP contribution < -0.4 is 0 Å². The summed E-state index contributed by atoms with van der Waals surface area (Å²) in [5.74, 6) is 0.0394. The number of carbonyl (C=O) groups excluding carboxylic acids is 1. The van der Waals surface area contributed by atoms with E-state index in [4.69, 9.17) is 0 Å². The van der Waals surface area contributed by atoms with E-state index < -0.39 is 4.92 Å². The van der Waals surface area contributed by atoms with E-state index in [-0.39, 0.29) is 17.6 Å². The van der Waals surface area contributed by atoms with E-state index in [0.29, 0.717) is 12.8 Å². The molecule has 0 spiro atoms. The number of ketones is 1. The van der Waals surface area contributed by atoms with Gasteiger partial charge >= 0.3 is 5.82 Å². The molecule has 0 radical (unpaired) electrons. The summed E-state index contributed by atoms with van der Waals surface area (Å²) >= 11 is 0. The first-order valence-corrected chi connectivity index (χ1v) is 4.38. The number of rotatable bonds is 2. The zero-order valence-corrected chi connectivity index (χ0v) is 7.42. The maximum atomic E-state index is 11.0. The molecular formula is C8H9N3O3. The Hall–Kier alpha value is -1.72. The molecule has 0 N–H and O–H groups in total. The SMILES string of the molecule is O=C1CCC(n2ccc([N+](=O)[O-])n2)C1. The number of nitrogens with zero attached hydrogens (tertiary/aromatic N) is 3. The van der Waals surface area contributed by atoms with Crippen molar-refractivity contribution in [3.05, 3.63) is 22.4 Å². The molecular weight excluding hydrogens is 186 g/mol. The van der Waals surface area contributed by atoms with E-state index in [0.717, 1.165) is 6.42 Å². The minimum atomic E-state index is -0.534. The van der Waals surface area contributed by atoms with Crippen LogP contribution in [-0.2, 0) is 4.79 Å². The monoisotopic (exact) mass is 195 g/mol. The molecule has 2 rings (SSSR count). The zero-order chi connectivity index (χ0) is 10.1. The second-order valence-corrected chi connectivity index (χ2v) is 3.35. The van der Waals surface area contributed by atoms with Crippen molar-refractivity contribution < 1.29 is 9.72 Å². The average molecular weight is 195 g/mol. The van der Waals surface area contributed by atoms with E-state index in [1.165, 1.54) is 10.7 Å². The Morgan fingerprint density at radius 1 is 1.64 bits per heavy atom. The molecule has 1 heterocycles. The van der Waals surface area contributed by atoms with Crippen molar-refractivity contribution in [3.63, 3.8) is 0 Å². The molecule has 0 bridgehead atoms. The number of carbonyl (C=O) groups is 1. The van der Waals surface area contributed by atoms with E-state index in [1.54, 1.807) is 6.20 Å². The van der Waals surface area contributed by atoms with Gasteiger partial charge in [0.05, 0.1) is 23.4 Å². The van der Waals surface area contributed by atoms with Crippen LogP contribution in [0, 0.1) is 10.1 Å². The van der Waals surface area contributed by atoms with Crippen LogP contribution in [0.15, 0.2) is 12.3 Å². The molecule has 1 aliphatic rings. The smallest absolute Gasteiger partial charge is 0.358 e. The molecule has 1 saturated carbocycles. The van der Waals surface area contributed by atoms with Crippen molar-refractivity contribution in [3.8, 4) is 0 Å². The fourth-order valence-electron chi connectivity index (χ4n) is 1.65. The molecule has 1 fully saturated rings. The van der Waals surface area contributed by atoms with Gasteiger partial charge in [0.1, 0.15) is 5.78 Å². The molecule has 1 aromatic rings. The van der Waals surface area contributed by atoms with Gasteiger partial charge in [-0.1, -0.05) is 0 Å². The van der Waals surface area contributed by atoms with Crippen molar-refractivity contribution in [1.29, 1.82) is 0 Å². The molecule has 1 unspecified atom stereocenters. The van der Waals surface area contributed by atoms with Gasteiger partial charge < -0.3 is 10.1 Å². The van der Waals surface area contributed by atoms with Gasteiger partial charge in [-0.2, -0.15) is 4.68 Å². The van der Waals surface area contributed by atoms with Crippen LogP contribution in [0.25, 0.3) is 0 Å². The second kappa shape index (κ2) is 3.21. The lowest BCUT2D eigenvalue weighted by molar-refractivity contribution is -0.389. The molecule has 6 nitrogen and oxygen atoms in total. The Morgan fingerprint density at radius 2 is 2.43 bits per heavy atom. The standard InChI is InChI=1S/C8H9N3O3/c12-7-2-1-6(5-7)10-4-3-8(9-10)11(13)14/h3-4,6H,1-2,5H2. The second-order valence-electron chi connectivity index (χ2n) is 3.35. The first-order valence-electron chi connectivity index (χ1n) is 4.38. The van der Waals surface area contributed by atoms with Gasteiger partial charge in [0, 0.05) is 12.8 Å². The highest BCUT2D eigenvalue weighted by molar-refractivity contribution is 5.80. The number of hydrogen-bond donors (Lipinski definition) is 0. The normalized spacial score (nSPS) is 21.4. The fourth-order valence-corrected chi connectivity index (χ4v) is 1.65. The Kier molecular flexibility index (Phi) is 2.03. The van der Waals surface area contributed by atoms with Gasteiger partial charge in [-0.05, 0) is 11.3 Å². The van der Waals surface area contributed by atoms with Crippen LogP contribution in [0.1, 0.15) is 25.3 Å². The quantitative estimate of drug-likeness (QED) is 0.522. The number of hydrogen-bond acceptors (Lipinski definition) is 4. The van der Waals surface area contributed by atoms with Crippen LogP contribution >= 0.6 is 0 Å². The maximum Gasteiger partial charge on any atom is 0.389 e. The summed E-state index contributed by atoms with van der Waals surface area (Å²) in [4.78, 5) is 20.8. The van der Waals surface area contributed by atoms with Crippen molar-refractivity contribution in [2.24, 2.45) is 0 Å². The minimum Gasteiger partial charge on any atom is -0.358 e. The van der Waals surface area contributed by atoms with E-state index >= 15 is 0 Å². The Morgan fingerprint density at radius 3 is 2.93 bits per heavy atom. The molecule has 14 heavy (non-hydrogen) atoms. The summed E-state index contributed by atoms with van der Waals surface area (Å²) in [6.07, 6.45) is 3.29. The molecule has 0 saturated heterocycles. The van der Waals surface area contributed by atoms with Gasteiger partial charge in [-0.3, -0.25) is 4.79 Å². The predicted octanol–water partition coefficient (Wildman–Crippen LogP) is 1.09.